The lowest BCUT2D eigenvalue weighted by molar-refractivity contribution is -0.0440. The summed E-state index contributed by atoms with van der Waals surface area (Å²) in [6.07, 6.45) is -0.373. The Balaban J connectivity index is 1.84. The fourth-order valence-corrected chi connectivity index (χ4v) is 5.11. The fourth-order valence-electron chi connectivity index (χ4n) is 3.19. The van der Waals surface area contributed by atoms with E-state index in [9.17, 15) is 13.2 Å². The molecule has 0 unspecified atom stereocenters. The van der Waals surface area contributed by atoms with Crippen LogP contribution in [0.5, 0.6) is 0 Å². The largest absolute Gasteiger partial charge is 0.373 e. The number of hydrogen-bond donors (Lipinski definition) is 1. The SMILES string of the molecule is Cc1ccc(NC(=O)c2cccc(S(=O)(=O)N3C[C@H](C)O[C@@H](C)C3)c2)c(Cl)c1. The summed E-state index contributed by atoms with van der Waals surface area (Å²) in [5.41, 5.74) is 1.69. The van der Waals surface area contributed by atoms with Gasteiger partial charge in [0.25, 0.3) is 5.91 Å². The van der Waals surface area contributed by atoms with Crippen molar-refractivity contribution in [2.75, 3.05) is 18.4 Å². The van der Waals surface area contributed by atoms with Crippen molar-refractivity contribution < 1.29 is 17.9 Å². The lowest BCUT2D eigenvalue weighted by atomic mass is 10.2. The lowest BCUT2D eigenvalue weighted by Crippen LogP contribution is -2.48. The van der Waals surface area contributed by atoms with Gasteiger partial charge in [-0.15, -0.1) is 0 Å². The second kappa shape index (κ2) is 8.21. The summed E-state index contributed by atoms with van der Waals surface area (Å²) < 4.78 is 33.1. The summed E-state index contributed by atoms with van der Waals surface area (Å²) >= 11 is 6.16. The molecule has 6 nitrogen and oxygen atoms in total. The van der Waals surface area contributed by atoms with Crippen molar-refractivity contribution in [3.05, 3.63) is 58.6 Å². The lowest BCUT2D eigenvalue weighted by Gasteiger charge is -2.34. The Bertz CT molecular complexity index is 983. The zero-order chi connectivity index (χ0) is 20.5. The van der Waals surface area contributed by atoms with Crippen LogP contribution in [0.15, 0.2) is 47.4 Å². The van der Waals surface area contributed by atoms with Crippen LogP contribution in [-0.2, 0) is 14.8 Å². The van der Waals surface area contributed by atoms with Gasteiger partial charge in [0.05, 0.1) is 27.8 Å². The van der Waals surface area contributed by atoms with Crippen LogP contribution >= 0.6 is 11.6 Å². The van der Waals surface area contributed by atoms with Gasteiger partial charge in [-0.2, -0.15) is 4.31 Å². The third-order valence-electron chi connectivity index (χ3n) is 4.49. The molecule has 150 valence electrons. The highest BCUT2D eigenvalue weighted by atomic mass is 35.5. The van der Waals surface area contributed by atoms with Crippen molar-refractivity contribution in [1.29, 1.82) is 0 Å². The maximum Gasteiger partial charge on any atom is 0.255 e. The quantitative estimate of drug-likeness (QED) is 0.815. The molecule has 8 heteroatoms. The highest BCUT2D eigenvalue weighted by Crippen LogP contribution is 2.25. The number of halogens is 1. The number of morpholine rings is 1. The third-order valence-corrected chi connectivity index (χ3v) is 6.63. The predicted octanol–water partition coefficient (Wildman–Crippen LogP) is 3.70. The van der Waals surface area contributed by atoms with Crippen LogP contribution < -0.4 is 5.32 Å². The Labute approximate surface area is 170 Å². The van der Waals surface area contributed by atoms with E-state index in [1.165, 1.54) is 16.4 Å². The molecule has 0 aromatic heterocycles. The van der Waals surface area contributed by atoms with E-state index < -0.39 is 15.9 Å². The monoisotopic (exact) mass is 422 g/mol. The van der Waals surface area contributed by atoms with Gasteiger partial charge in [-0.1, -0.05) is 23.7 Å². The highest BCUT2D eigenvalue weighted by Gasteiger charge is 2.32. The van der Waals surface area contributed by atoms with Crippen LogP contribution in [0.3, 0.4) is 0 Å². The Morgan fingerprint density at radius 1 is 1.14 bits per heavy atom. The first-order chi connectivity index (χ1) is 13.2. The van der Waals surface area contributed by atoms with E-state index in [2.05, 4.69) is 5.32 Å². The molecule has 28 heavy (non-hydrogen) atoms. The molecule has 1 fully saturated rings. The van der Waals surface area contributed by atoms with E-state index in [0.29, 0.717) is 10.7 Å². The van der Waals surface area contributed by atoms with Gasteiger partial charge in [-0.3, -0.25) is 4.79 Å². The molecule has 0 aliphatic carbocycles. The number of amides is 1. The van der Waals surface area contributed by atoms with Gasteiger partial charge in [0.15, 0.2) is 0 Å². The first kappa shape index (κ1) is 20.8. The van der Waals surface area contributed by atoms with Crippen LogP contribution in [0.25, 0.3) is 0 Å². The summed E-state index contributed by atoms with van der Waals surface area (Å²) in [5, 5.41) is 3.15. The Kier molecular flexibility index (Phi) is 6.09. The maximum absolute atomic E-state index is 13.0. The zero-order valence-electron chi connectivity index (χ0n) is 16.0. The number of ether oxygens (including phenoxy) is 1. The van der Waals surface area contributed by atoms with Crippen LogP contribution in [0, 0.1) is 6.92 Å². The van der Waals surface area contributed by atoms with Crippen LogP contribution in [0.4, 0.5) is 5.69 Å². The van der Waals surface area contributed by atoms with E-state index >= 15 is 0 Å². The Hall–Kier alpha value is -1.93. The molecular formula is C20H23ClN2O4S. The number of anilines is 1. The number of hydrogen-bond acceptors (Lipinski definition) is 4. The molecule has 0 bridgehead atoms. The molecule has 2 aromatic rings. The number of aryl methyl sites for hydroxylation is 1. The van der Waals surface area contributed by atoms with Gasteiger partial charge in [0.2, 0.25) is 10.0 Å². The van der Waals surface area contributed by atoms with Gasteiger partial charge in [-0.05, 0) is 56.7 Å². The summed E-state index contributed by atoms with van der Waals surface area (Å²) in [4.78, 5) is 12.7. The average Bonchev–Trinajstić information content (AvgIpc) is 2.63. The van der Waals surface area contributed by atoms with Crippen LogP contribution in [0.2, 0.25) is 5.02 Å². The molecule has 0 saturated carbocycles. The smallest absolute Gasteiger partial charge is 0.255 e. The number of rotatable bonds is 4. The van der Waals surface area contributed by atoms with E-state index in [-0.39, 0.29) is 35.8 Å². The molecule has 1 aliphatic heterocycles. The van der Waals surface area contributed by atoms with Crippen LogP contribution in [-0.4, -0.2) is 43.9 Å². The molecule has 2 atom stereocenters. The van der Waals surface area contributed by atoms with Crippen molar-refractivity contribution in [3.8, 4) is 0 Å². The summed E-state index contributed by atoms with van der Waals surface area (Å²) in [6.45, 7) is 6.14. The van der Waals surface area contributed by atoms with Gasteiger partial charge >= 0.3 is 0 Å². The second-order valence-electron chi connectivity index (χ2n) is 7.04. The number of benzene rings is 2. The fraction of sp³-hybridized carbons (Fsp3) is 0.350. The minimum absolute atomic E-state index is 0.0800. The average molecular weight is 423 g/mol. The summed E-state index contributed by atoms with van der Waals surface area (Å²) in [5.74, 6) is -0.425. The summed E-state index contributed by atoms with van der Waals surface area (Å²) in [6, 6.07) is 11.3. The van der Waals surface area contributed by atoms with E-state index in [1.807, 2.05) is 26.8 Å². The molecule has 0 spiro atoms. The molecule has 1 saturated heterocycles. The first-order valence-electron chi connectivity index (χ1n) is 9.00. The number of carbonyl (C=O) groups excluding carboxylic acids is 1. The first-order valence-corrected chi connectivity index (χ1v) is 10.8. The second-order valence-corrected chi connectivity index (χ2v) is 9.39. The van der Waals surface area contributed by atoms with E-state index in [0.717, 1.165) is 5.56 Å². The van der Waals surface area contributed by atoms with Crippen molar-refractivity contribution >= 4 is 33.2 Å². The third kappa shape index (κ3) is 4.55. The summed E-state index contributed by atoms with van der Waals surface area (Å²) in [7, 11) is -3.72. The zero-order valence-corrected chi connectivity index (χ0v) is 17.5. The molecule has 2 aromatic carbocycles. The van der Waals surface area contributed by atoms with Crippen LogP contribution in [0.1, 0.15) is 29.8 Å². The number of nitrogens with zero attached hydrogens (tertiary/aromatic N) is 1. The van der Waals surface area contributed by atoms with Crippen molar-refractivity contribution in [2.45, 2.75) is 37.9 Å². The number of carbonyl (C=O) groups is 1. The minimum Gasteiger partial charge on any atom is -0.373 e. The van der Waals surface area contributed by atoms with Gasteiger partial charge in [0, 0.05) is 18.7 Å². The molecule has 1 amide bonds. The molecule has 3 rings (SSSR count). The maximum atomic E-state index is 13.0. The standard InChI is InChI=1S/C20H23ClN2O4S/c1-13-7-8-19(18(21)9-13)22-20(24)16-5-4-6-17(10-16)28(25,26)23-11-14(2)27-15(3)12-23/h4-10,14-15H,11-12H2,1-3H3,(H,22,24)/t14-,15-/m0/s1. The number of nitrogens with one attached hydrogen (secondary N) is 1. The normalized spacial score (nSPS) is 20.7. The van der Waals surface area contributed by atoms with E-state index in [1.54, 1.807) is 24.3 Å². The molecule has 1 N–H and O–H groups in total. The van der Waals surface area contributed by atoms with Gasteiger partial charge in [0.1, 0.15) is 0 Å². The molecular weight excluding hydrogens is 400 g/mol. The molecule has 0 radical (unpaired) electrons. The highest BCUT2D eigenvalue weighted by molar-refractivity contribution is 7.89. The van der Waals surface area contributed by atoms with E-state index in [4.69, 9.17) is 16.3 Å². The Morgan fingerprint density at radius 3 is 2.46 bits per heavy atom. The Morgan fingerprint density at radius 2 is 1.82 bits per heavy atom. The molecule has 1 heterocycles. The topological polar surface area (TPSA) is 75.7 Å². The molecule has 1 aliphatic rings. The van der Waals surface area contributed by atoms with Crippen molar-refractivity contribution in [2.24, 2.45) is 0 Å². The predicted molar refractivity (Wildman–Crippen MR) is 109 cm³/mol. The van der Waals surface area contributed by atoms with Gasteiger partial charge < -0.3 is 10.1 Å². The minimum atomic E-state index is -3.72. The van der Waals surface area contributed by atoms with Gasteiger partial charge in [-0.25, -0.2) is 8.42 Å². The van der Waals surface area contributed by atoms with Crippen molar-refractivity contribution in [3.63, 3.8) is 0 Å². The van der Waals surface area contributed by atoms with Crippen molar-refractivity contribution in [1.82, 2.24) is 4.31 Å². The number of sulfonamides is 1.